The van der Waals surface area contributed by atoms with Crippen LogP contribution in [0, 0.1) is 29.1 Å². The van der Waals surface area contributed by atoms with Crippen LogP contribution >= 0.6 is 12.0 Å². The van der Waals surface area contributed by atoms with E-state index in [1.165, 1.54) is 38.5 Å². The average molecular weight is 577 g/mol. The number of ether oxygens (including phenoxy) is 3. The zero-order valence-corrected chi connectivity index (χ0v) is 23.7. The van der Waals surface area contributed by atoms with E-state index < -0.39 is 35.0 Å². The molecule has 8 nitrogen and oxygen atoms in total. The first-order chi connectivity index (χ1) is 18.7. The van der Waals surface area contributed by atoms with Gasteiger partial charge in [0.2, 0.25) is 0 Å². The number of hydrogen-bond donors (Lipinski definition) is 0. The molecule has 39 heavy (non-hydrogen) atoms. The summed E-state index contributed by atoms with van der Waals surface area (Å²) in [5.74, 6) is 0.475. The minimum atomic E-state index is -3.51. The minimum absolute atomic E-state index is 0.116. The van der Waals surface area contributed by atoms with Gasteiger partial charge in [-0.15, -0.1) is 4.33 Å². The number of carbonyl (C=O) groups excluding carboxylic acids is 2. The van der Waals surface area contributed by atoms with E-state index >= 15 is 0 Å². The van der Waals surface area contributed by atoms with E-state index in [1.807, 2.05) is 0 Å². The molecule has 6 rings (SSSR count). The topological polar surface area (TPSA) is 89.5 Å². The van der Waals surface area contributed by atoms with Crippen LogP contribution in [0.2, 0.25) is 0 Å². The second kappa shape index (κ2) is 12.4. The maximum absolute atomic E-state index is 14.1. The van der Waals surface area contributed by atoms with Gasteiger partial charge in [-0.25, -0.2) is 9.68 Å². The third-order valence-electron chi connectivity index (χ3n) is 9.82. The first-order valence-corrected chi connectivity index (χ1v) is 15.5. The van der Waals surface area contributed by atoms with Gasteiger partial charge in [-0.2, -0.15) is 8.78 Å². The summed E-state index contributed by atoms with van der Waals surface area (Å²) in [7, 11) is 1.12. The molecule has 6 aliphatic rings. The Morgan fingerprint density at radius 2 is 1.51 bits per heavy atom. The largest absolute Gasteiger partial charge is 0.509 e. The van der Waals surface area contributed by atoms with Crippen LogP contribution in [0.4, 0.5) is 13.6 Å². The number of rotatable bonds is 11. The monoisotopic (exact) mass is 576 g/mol. The van der Waals surface area contributed by atoms with Crippen molar-refractivity contribution in [1.82, 2.24) is 0 Å². The molecule has 0 spiro atoms. The van der Waals surface area contributed by atoms with Gasteiger partial charge in [-0.3, -0.25) is 4.79 Å². The molecule has 2 unspecified atom stereocenters. The zero-order valence-electron chi connectivity index (χ0n) is 22.8. The molecule has 6 saturated carbocycles. The summed E-state index contributed by atoms with van der Waals surface area (Å²) >= 11 is -0.285. The van der Waals surface area contributed by atoms with E-state index in [9.17, 15) is 18.4 Å². The van der Waals surface area contributed by atoms with Crippen molar-refractivity contribution < 1.29 is 46.8 Å². The van der Waals surface area contributed by atoms with Crippen molar-refractivity contribution in [2.75, 3.05) is 13.7 Å². The highest BCUT2D eigenvalue weighted by Gasteiger charge is 2.63. The molecule has 4 bridgehead atoms. The van der Waals surface area contributed by atoms with E-state index in [-0.39, 0.29) is 30.0 Å². The molecule has 6 fully saturated rings. The minimum Gasteiger partial charge on any atom is -0.458 e. The van der Waals surface area contributed by atoms with Gasteiger partial charge in [0.25, 0.3) is 0 Å². The van der Waals surface area contributed by atoms with Gasteiger partial charge in [-0.1, -0.05) is 43.6 Å². The Morgan fingerprint density at radius 1 is 0.923 bits per heavy atom. The lowest BCUT2D eigenvalue weighted by Crippen LogP contribution is -2.60. The predicted octanol–water partition coefficient (Wildman–Crippen LogP) is 7.30. The zero-order chi connectivity index (χ0) is 27.5. The molecule has 0 aromatic carbocycles. The van der Waals surface area contributed by atoms with Crippen molar-refractivity contribution in [2.45, 2.75) is 120 Å². The quantitative estimate of drug-likeness (QED) is 0.0826. The van der Waals surface area contributed by atoms with Gasteiger partial charge in [0.15, 0.2) is 6.61 Å². The highest BCUT2D eigenvalue weighted by atomic mass is 32.2. The number of carbonyl (C=O) groups is 2. The third-order valence-corrected chi connectivity index (χ3v) is 10.3. The molecular weight excluding hydrogens is 534 g/mol. The smallest absolute Gasteiger partial charge is 0.458 e. The second-order valence-electron chi connectivity index (χ2n) is 12.8. The first kappa shape index (κ1) is 29.3. The summed E-state index contributed by atoms with van der Waals surface area (Å²) in [5, 5.41) is 0.501. The van der Waals surface area contributed by atoms with E-state index in [0.29, 0.717) is 43.9 Å². The van der Waals surface area contributed by atoms with Crippen LogP contribution in [0.25, 0.3) is 0 Å². The molecule has 6 aliphatic carbocycles. The van der Waals surface area contributed by atoms with Crippen molar-refractivity contribution in [3.8, 4) is 0 Å². The highest BCUT2D eigenvalue weighted by molar-refractivity contribution is 7.95. The molecule has 11 heteroatoms. The lowest BCUT2D eigenvalue weighted by Gasteiger charge is -2.59. The molecular formula is C28H42F2O8S. The molecule has 0 saturated heterocycles. The lowest BCUT2D eigenvalue weighted by atomic mass is 9.48. The SMILES string of the molecule is COOOSC(F)(F)COC(=O)C12CC3CC(CC(OC(=O)OC(C4CCCCC4)C4CCCCC4)(C3)C1)C2. The van der Waals surface area contributed by atoms with Gasteiger partial charge in [0.1, 0.15) is 23.7 Å². The number of halogens is 2. The van der Waals surface area contributed by atoms with Crippen LogP contribution < -0.4 is 0 Å². The standard InChI is InChI=1S/C28H42F2O8S/c1-33-37-38-39-28(29,30)18-34-24(31)26-13-19-12-20(14-26)16-27(15-19,17-26)36-25(32)35-23(21-8-4-2-5-9-21)22-10-6-3-7-11-22/h19-23H,2-18H2,1H3. The molecule has 0 aromatic rings. The fourth-order valence-electron chi connectivity index (χ4n) is 8.77. The van der Waals surface area contributed by atoms with Gasteiger partial charge in [0.05, 0.1) is 12.5 Å². The Balaban J connectivity index is 1.23. The summed E-state index contributed by atoms with van der Waals surface area (Å²) in [6, 6.07) is 0. The fraction of sp³-hybridized carbons (Fsp3) is 0.929. The summed E-state index contributed by atoms with van der Waals surface area (Å²) in [5.41, 5.74) is -1.74. The summed E-state index contributed by atoms with van der Waals surface area (Å²) in [6.07, 6.45) is 14.5. The highest BCUT2D eigenvalue weighted by Crippen LogP contribution is 2.63. The van der Waals surface area contributed by atoms with Crippen LogP contribution in [-0.4, -0.2) is 42.8 Å². The Bertz CT molecular complexity index is 829. The summed E-state index contributed by atoms with van der Waals surface area (Å²) in [4.78, 5) is 30.8. The van der Waals surface area contributed by atoms with Gasteiger partial charge in [0, 0.05) is 6.42 Å². The van der Waals surface area contributed by atoms with Gasteiger partial charge < -0.3 is 14.2 Å². The van der Waals surface area contributed by atoms with Crippen molar-refractivity contribution >= 4 is 24.2 Å². The summed E-state index contributed by atoms with van der Waals surface area (Å²) < 4.78 is 49.9. The number of esters is 1. The number of hydrogen-bond acceptors (Lipinski definition) is 9. The van der Waals surface area contributed by atoms with E-state index in [2.05, 4.69) is 14.3 Å². The Labute approximate surface area is 233 Å². The van der Waals surface area contributed by atoms with Crippen LogP contribution in [0.5, 0.6) is 0 Å². The Hall–Kier alpha value is -1.17. The van der Waals surface area contributed by atoms with Gasteiger partial charge >= 0.3 is 17.4 Å². The van der Waals surface area contributed by atoms with Crippen molar-refractivity contribution in [2.24, 2.45) is 29.1 Å². The van der Waals surface area contributed by atoms with Crippen molar-refractivity contribution in [3.63, 3.8) is 0 Å². The normalized spacial score (nSPS) is 33.3. The second-order valence-corrected chi connectivity index (χ2v) is 13.7. The lowest BCUT2D eigenvalue weighted by molar-refractivity contribution is -0.448. The maximum atomic E-state index is 14.1. The molecule has 222 valence electrons. The van der Waals surface area contributed by atoms with E-state index in [0.717, 1.165) is 39.2 Å². The molecule has 0 N–H and O–H groups in total. The van der Waals surface area contributed by atoms with Crippen LogP contribution in [0.1, 0.15) is 103 Å². The van der Waals surface area contributed by atoms with E-state index in [1.54, 1.807) is 0 Å². The molecule has 0 radical (unpaired) electrons. The van der Waals surface area contributed by atoms with Crippen LogP contribution in [-0.2, 0) is 33.3 Å². The van der Waals surface area contributed by atoms with Crippen LogP contribution in [0.3, 0.4) is 0 Å². The molecule has 0 aromatic heterocycles. The molecule has 0 heterocycles. The predicted molar refractivity (Wildman–Crippen MR) is 137 cm³/mol. The molecule has 2 atom stereocenters. The molecule has 0 aliphatic heterocycles. The molecule has 0 amide bonds. The van der Waals surface area contributed by atoms with Crippen LogP contribution in [0.15, 0.2) is 0 Å². The average Bonchev–Trinajstić information content (AvgIpc) is 2.90. The van der Waals surface area contributed by atoms with E-state index in [4.69, 9.17) is 14.2 Å². The third kappa shape index (κ3) is 7.01. The summed E-state index contributed by atoms with van der Waals surface area (Å²) in [6.45, 7) is -1.15. The maximum Gasteiger partial charge on any atom is 0.509 e. The Kier molecular flexibility index (Phi) is 9.30. The fourth-order valence-corrected chi connectivity index (χ4v) is 9.06. The first-order valence-electron chi connectivity index (χ1n) is 14.7. The van der Waals surface area contributed by atoms with Gasteiger partial charge in [-0.05, 0) is 81.5 Å². The van der Waals surface area contributed by atoms with Crippen molar-refractivity contribution in [3.05, 3.63) is 0 Å². The van der Waals surface area contributed by atoms with Crippen molar-refractivity contribution in [1.29, 1.82) is 0 Å². The Morgan fingerprint density at radius 3 is 2.08 bits per heavy atom. The number of alkyl halides is 2.